The van der Waals surface area contributed by atoms with Gasteiger partial charge in [-0.25, -0.2) is 0 Å². The van der Waals surface area contributed by atoms with Crippen molar-refractivity contribution in [2.45, 2.75) is 44.4 Å². The molecule has 0 amide bonds. The van der Waals surface area contributed by atoms with E-state index in [1.54, 1.807) is 7.11 Å². The van der Waals surface area contributed by atoms with Crippen LogP contribution in [0.4, 0.5) is 5.69 Å². The molecule has 1 aliphatic heterocycles. The molecule has 0 aliphatic carbocycles. The first-order chi connectivity index (χ1) is 9.08. The molecule has 19 heavy (non-hydrogen) atoms. The summed E-state index contributed by atoms with van der Waals surface area (Å²) in [4.78, 5) is 0. The van der Waals surface area contributed by atoms with Gasteiger partial charge in [0.05, 0.1) is 30.5 Å². The second kappa shape index (κ2) is 5.80. The van der Waals surface area contributed by atoms with Crippen LogP contribution >= 0.6 is 0 Å². The lowest BCUT2D eigenvalue weighted by molar-refractivity contribution is -0.0537. The predicted molar refractivity (Wildman–Crippen MR) is 77.6 cm³/mol. The monoisotopic (exact) mass is 264 g/mol. The highest BCUT2D eigenvalue weighted by Gasteiger charge is 2.37. The van der Waals surface area contributed by atoms with Gasteiger partial charge in [0.15, 0.2) is 0 Å². The number of nitrogens with one attached hydrogen (secondary N) is 1. The van der Waals surface area contributed by atoms with Gasteiger partial charge >= 0.3 is 0 Å². The molecule has 1 fully saturated rings. The Hall–Kier alpha value is -1.26. The fourth-order valence-electron chi connectivity index (χ4n) is 3.03. The van der Waals surface area contributed by atoms with E-state index in [0.29, 0.717) is 6.54 Å². The summed E-state index contributed by atoms with van der Waals surface area (Å²) in [6, 6.07) is 7.95. The maximum absolute atomic E-state index is 6.04. The minimum absolute atomic E-state index is 0.119. The van der Waals surface area contributed by atoms with Gasteiger partial charge in [0.1, 0.15) is 5.75 Å². The number of hydrogen-bond donors (Lipinski definition) is 2. The second-order valence-corrected chi connectivity index (χ2v) is 5.48. The average Bonchev–Trinajstić information content (AvgIpc) is 2.38. The Balaban J connectivity index is 2.22. The summed E-state index contributed by atoms with van der Waals surface area (Å²) in [6.07, 6.45) is 2.25. The zero-order valence-corrected chi connectivity index (χ0v) is 12.0. The van der Waals surface area contributed by atoms with Gasteiger partial charge in [-0.05, 0) is 38.8 Å². The van der Waals surface area contributed by atoms with Crippen LogP contribution in [0.1, 0.15) is 26.7 Å². The largest absolute Gasteiger partial charge is 0.495 e. The molecule has 3 N–H and O–H groups in total. The SMILES string of the molecule is COc1ccccc1NC1(CN)CC(C)OC(C)C1. The highest BCUT2D eigenvalue weighted by atomic mass is 16.5. The number of ether oxygens (including phenoxy) is 2. The van der Waals surface area contributed by atoms with Gasteiger partial charge in [0, 0.05) is 6.54 Å². The van der Waals surface area contributed by atoms with Crippen molar-refractivity contribution in [2.75, 3.05) is 19.0 Å². The summed E-state index contributed by atoms with van der Waals surface area (Å²) in [6.45, 7) is 4.79. The van der Waals surface area contributed by atoms with E-state index in [4.69, 9.17) is 15.2 Å². The predicted octanol–water partition coefficient (Wildman–Crippen LogP) is 2.39. The van der Waals surface area contributed by atoms with Crippen LogP contribution in [-0.2, 0) is 4.74 Å². The van der Waals surface area contributed by atoms with E-state index < -0.39 is 0 Å². The summed E-state index contributed by atoms with van der Waals surface area (Å²) in [5.41, 5.74) is 6.92. The number of para-hydroxylation sites is 2. The molecule has 4 nitrogen and oxygen atoms in total. The van der Waals surface area contributed by atoms with E-state index in [2.05, 4.69) is 19.2 Å². The van der Waals surface area contributed by atoms with Crippen LogP contribution in [0.15, 0.2) is 24.3 Å². The third-order valence-electron chi connectivity index (χ3n) is 3.72. The maximum Gasteiger partial charge on any atom is 0.141 e. The molecule has 2 rings (SSSR count). The smallest absolute Gasteiger partial charge is 0.141 e. The molecule has 0 spiro atoms. The fraction of sp³-hybridized carbons (Fsp3) is 0.600. The van der Waals surface area contributed by atoms with E-state index in [-0.39, 0.29) is 17.7 Å². The van der Waals surface area contributed by atoms with Gasteiger partial charge in [0.2, 0.25) is 0 Å². The number of nitrogens with two attached hydrogens (primary N) is 1. The minimum atomic E-state index is -0.119. The third kappa shape index (κ3) is 3.19. The molecule has 1 aliphatic rings. The Bertz CT molecular complexity index is 412. The van der Waals surface area contributed by atoms with Crippen molar-refractivity contribution in [3.8, 4) is 5.75 Å². The van der Waals surface area contributed by atoms with Crippen LogP contribution in [-0.4, -0.2) is 31.4 Å². The van der Waals surface area contributed by atoms with Crippen molar-refractivity contribution < 1.29 is 9.47 Å². The number of methoxy groups -OCH3 is 1. The van der Waals surface area contributed by atoms with Gasteiger partial charge in [-0.1, -0.05) is 12.1 Å². The van der Waals surface area contributed by atoms with Crippen LogP contribution in [0.5, 0.6) is 5.75 Å². The molecule has 0 radical (unpaired) electrons. The van der Waals surface area contributed by atoms with E-state index >= 15 is 0 Å². The Labute approximate surface area is 115 Å². The first-order valence-corrected chi connectivity index (χ1v) is 6.85. The van der Waals surface area contributed by atoms with Crippen LogP contribution in [0.25, 0.3) is 0 Å². The van der Waals surface area contributed by atoms with Gasteiger partial charge in [-0.2, -0.15) is 0 Å². The van der Waals surface area contributed by atoms with Gasteiger partial charge in [0.25, 0.3) is 0 Å². The Kier molecular flexibility index (Phi) is 4.32. The fourth-order valence-corrected chi connectivity index (χ4v) is 3.03. The third-order valence-corrected chi connectivity index (χ3v) is 3.72. The average molecular weight is 264 g/mol. The lowest BCUT2D eigenvalue weighted by atomic mass is 9.84. The summed E-state index contributed by atoms with van der Waals surface area (Å²) in [5, 5.41) is 3.59. The quantitative estimate of drug-likeness (QED) is 0.876. The van der Waals surface area contributed by atoms with Gasteiger partial charge in [-0.3, -0.25) is 0 Å². The standard InChI is InChI=1S/C15H24N2O2/c1-11-8-15(10-16,9-12(2)19-11)17-13-6-4-5-7-14(13)18-3/h4-7,11-12,17H,8-10,16H2,1-3H3. The summed E-state index contributed by atoms with van der Waals surface area (Å²) < 4.78 is 11.2. The normalized spacial score (nSPS) is 30.9. The topological polar surface area (TPSA) is 56.5 Å². The second-order valence-electron chi connectivity index (χ2n) is 5.48. The highest BCUT2D eigenvalue weighted by Crippen LogP contribution is 2.34. The first kappa shape index (κ1) is 14.2. The molecule has 4 heteroatoms. The molecule has 0 saturated carbocycles. The van der Waals surface area contributed by atoms with Crippen LogP contribution in [0.2, 0.25) is 0 Å². The molecule has 1 aromatic carbocycles. The number of rotatable bonds is 4. The summed E-state index contributed by atoms with van der Waals surface area (Å²) in [7, 11) is 1.69. The van der Waals surface area contributed by atoms with Crippen molar-refractivity contribution in [2.24, 2.45) is 5.73 Å². The van der Waals surface area contributed by atoms with Crippen molar-refractivity contribution in [3.63, 3.8) is 0 Å². The van der Waals surface area contributed by atoms with Crippen molar-refractivity contribution in [3.05, 3.63) is 24.3 Å². The van der Waals surface area contributed by atoms with E-state index in [1.165, 1.54) is 0 Å². The van der Waals surface area contributed by atoms with E-state index in [0.717, 1.165) is 24.3 Å². The van der Waals surface area contributed by atoms with Gasteiger partial charge < -0.3 is 20.5 Å². The summed E-state index contributed by atoms with van der Waals surface area (Å²) >= 11 is 0. The zero-order chi connectivity index (χ0) is 13.9. The molecular formula is C15H24N2O2. The molecule has 0 bridgehead atoms. The van der Waals surface area contributed by atoms with Gasteiger partial charge in [-0.15, -0.1) is 0 Å². The number of benzene rings is 1. The number of hydrogen-bond acceptors (Lipinski definition) is 4. The highest BCUT2D eigenvalue weighted by molar-refractivity contribution is 5.58. The molecular weight excluding hydrogens is 240 g/mol. The molecule has 1 saturated heterocycles. The molecule has 106 valence electrons. The molecule has 2 unspecified atom stereocenters. The first-order valence-electron chi connectivity index (χ1n) is 6.85. The Morgan fingerprint density at radius 1 is 1.32 bits per heavy atom. The summed E-state index contributed by atoms with van der Waals surface area (Å²) in [5.74, 6) is 0.849. The van der Waals surface area contributed by atoms with Crippen LogP contribution < -0.4 is 15.8 Å². The van der Waals surface area contributed by atoms with Crippen LogP contribution in [0, 0.1) is 0 Å². The minimum Gasteiger partial charge on any atom is -0.495 e. The van der Waals surface area contributed by atoms with E-state index in [9.17, 15) is 0 Å². The van der Waals surface area contributed by atoms with E-state index in [1.807, 2.05) is 24.3 Å². The van der Waals surface area contributed by atoms with Crippen molar-refractivity contribution >= 4 is 5.69 Å². The molecule has 1 heterocycles. The van der Waals surface area contributed by atoms with Crippen molar-refractivity contribution in [1.82, 2.24) is 0 Å². The lowest BCUT2D eigenvalue weighted by Gasteiger charge is -2.43. The molecule has 0 aromatic heterocycles. The Morgan fingerprint density at radius 2 is 1.95 bits per heavy atom. The Morgan fingerprint density at radius 3 is 2.53 bits per heavy atom. The molecule has 2 atom stereocenters. The number of anilines is 1. The maximum atomic E-state index is 6.04. The zero-order valence-electron chi connectivity index (χ0n) is 12.0. The molecule has 1 aromatic rings. The van der Waals surface area contributed by atoms with Crippen LogP contribution in [0.3, 0.4) is 0 Å². The van der Waals surface area contributed by atoms with Crippen molar-refractivity contribution in [1.29, 1.82) is 0 Å². The lowest BCUT2D eigenvalue weighted by Crippen LogP contribution is -2.53.